The van der Waals surface area contributed by atoms with Crippen molar-refractivity contribution in [1.82, 2.24) is 0 Å². The Morgan fingerprint density at radius 1 is 0.917 bits per heavy atom. The fraction of sp³-hybridized carbons (Fsp3) is 0.250. The zero-order chi connectivity index (χ0) is 18.0. The van der Waals surface area contributed by atoms with Crippen molar-refractivity contribution in [1.29, 1.82) is 0 Å². The first-order valence-corrected chi connectivity index (χ1v) is 10.2. The highest BCUT2D eigenvalue weighted by molar-refractivity contribution is 7.86. The predicted molar refractivity (Wildman–Crippen MR) is 89.3 cm³/mol. The van der Waals surface area contributed by atoms with E-state index >= 15 is 0 Å². The van der Waals surface area contributed by atoms with E-state index in [4.69, 9.17) is 0 Å². The van der Waals surface area contributed by atoms with Gasteiger partial charge in [0.15, 0.2) is 0 Å². The van der Waals surface area contributed by atoms with Gasteiger partial charge in [0.25, 0.3) is 20.2 Å². The molecular weight excluding hydrogens is 352 g/mol. The lowest BCUT2D eigenvalue weighted by Crippen LogP contribution is -2.09. The third-order valence-corrected chi connectivity index (χ3v) is 5.49. The Morgan fingerprint density at radius 2 is 1.58 bits per heavy atom. The molecule has 24 heavy (non-hydrogen) atoms. The molecule has 130 valence electrons. The third-order valence-electron chi connectivity index (χ3n) is 3.71. The maximum Gasteiger partial charge on any atom is 0.294 e. The highest BCUT2D eigenvalue weighted by atomic mass is 32.2. The van der Waals surface area contributed by atoms with E-state index in [-0.39, 0.29) is 9.79 Å². The summed E-state index contributed by atoms with van der Waals surface area (Å²) >= 11 is 0. The van der Waals surface area contributed by atoms with Gasteiger partial charge in [-0.1, -0.05) is 43.7 Å². The van der Waals surface area contributed by atoms with Crippen LogP contribution in [0.4, 0.5) is 0 Å². The maximum atomic E-state index is 11.6. The lowest BCUT2D eigenvalue weighted by Gasteiger charge is -2.20. The van der Waals surface area contributed by atoms with Crippen LogP contribution in [0, 0.1) is 0 Å². The molecule has 0 heterocycles. The lowest BCUT2D eigenvalue weighted by molar-refractivity contribution is 0.478. The molecule has 0 aliphatic carbocycles. The van der Waals surface area contributed by atoms with Crippen molar-refractivity contribution in [2.45, 2.75) is 35.5 Å². The zero-order valence-electron chi connectivity index (χ0n) is 13.0. The topological polar surface area (TPSA) is 109 Å². The number of hydrogen-bond donors (Lipinski definition) is 2. The molecular formula is C16H18O6S2. The molecule has 0 fully saturated rings. The highest BCUT2D eigenvalue weighted by Crippen LogP contribution is 2.34. The molecule has 1 unspecified atom stereocenters. The fourth-order valence-electron chi connectivity index (χ4n) is 2.69. The van der Waals surface area contributed by atoms with Crippen molar-refractivity contribution in [3.63, 3.8) is 0 Å². The first kappa shape index (κ1) is 18.6. The van der Waals surface area contributed by atoms with Gasteiger partial charge in [-0.2, -0.15) is 16.8 Å². The molecule has 2 N–H and O–H groups in total. The summed E-state index contributed by atoms with van der Waals surface area (Å²) in [6.45, 7) is 1.91. The summed E-state index contributed by atoms with van der Waals surface area (Å²) in [7, 11) is -8.77. The van der Waals surface area contributed by atoms with Crippen LogP contribution in [0.5, 0.6) is 0 Å². The highest BCUT2D eigenvalue weighted by Gasteiger charge is 2.23. The van der Waals surface area contributed by atoms with E-state index in [1.54, 1.807) is 18.2 Å². The van der Waals surface area contributed by atoms with Crippen molar-refractivity contribution in [3.05, 3.63) is 59.7 Å². The fourth-order valence-corrected chi connectivity index (χ4v) is 3.98. The van der Waals surface area contributed by atoms with Gasteiger partial charge < -0.3 is 0 Å². The predicted octanol–water partition coefficient (Wildman–Crippen LogP) is 3.11. The van der Waals surface area contributed by atoms with E-state index < -0.39 is 26.2 Å². The summed E-state index contributed by atoms with van der Waals surface area (Å²) in [5.74, 6) is -0.435. The molecule has 1 atom stereocenters. The minimum atomic E-state index is -4.41. The molecule has 0 aliphatic rings. The van der Waals surface area contributed by atoms with Crippen LogP contribution >= 0.6 is 0 Å². The van der Waals surface area contributed by atoms with Gasteiger partial charge in [0.2, 0.25) is 0 Å². The van der Waals surface area contributed by atoms with Crippen molar-refractivity contribution in [3.8, 4) is 0 Å². The second-order valence-corrected chi connectivity index (χ2v) is 8.21. The Kier molecular flexibility index (Phi) is 5.44. The van der Waals surface area contributed by atoms with Gasteiger partial charge in [0, 0.05) is 5.92 Å². The molecule has 2 aromatic rings. The van der Waals surface area contributed by atoms with Crippen molar-refractivity contribution in [2.24, 2.45) is 0 Å². The van der Waals surface area contributed by atoms with E-state index in [1.807, 2.05) is 6.92 Å². The summed E-state index contributed by atoms with van der Waals surface area (Å²) in [5, 5.41) is 0. The molecule has 0 saturated heterocycles. The number of benzene rings is 2. The van der Waals surface area contributed by atoms with Crippen LogP contribution in [0.1, 0.15) is 36.8 Å². The van der Waals surface area contributed by atoms with Crippen molar-refractivity contribution in [2.75, 3.05) is 0 Å². The van der Waals surface area contributed by atoms with E-state index in [9.17, 15) is 25.9 Å². The Labute approximate surface area is 141 Å². The summed E-state index contributed by atoms with van der Waals surface area (Å²) < 4.78 is 64.6. The van der Waals surface area contributed by atoms with Crippen LogP contribution < -0.4 is 0 Å². The third kappa shape index (κ3) is 4.21. The van der Waals surface area contributed by atoms with E-state index in [0.717, 1.165) is 0 Å². The van der Waals surface area contributed by atoms with E-state index in [1.165, 1.54) is 30.3 Å². The monoisotopic (exact) mass is 370 g/mol. The standard InChI is InChI=1S/C16H18O6S2/c1-2-6-14(12-7-5-8-13(11-12)23(17,18)19)15-9-3-4-10-16(15)24(20,21)22/h3-5,7-11,14H,2,6H2,1H3,(H,17,18,19)(H,20,21,22). The molecule has 0 saturated carbocycles. The van der Waals surface area contributed by atoms with Gasteiger partial charge in [-0.05, 0) is 35.7 Å². The van der Waals surface area contributed by atoms with E-state index in [0.29, 0.717) is 24.0 Å². The Hall–Kier alpha value is -1.74. The van der Waals surface area contributed by atoms with Crippen molar-refractivity contribution < 1.29 is 25.9 Å². The Morgan fingerprint density at radius 3 is 2.17 bits per heavy atom. The summed E-state index contributed by atoms with van der Waals surface area (Å²) in [6, 6.07) is 11.8. The van der Waals surface area contributed by atoms with Crippen molar-refractivity contribution >= 4 is 20.2 Å². The molecule has 0 bridgehead atoms. The first-order chi connectivity index (χ1) is 11.1. The van der Waals surface area contributed by atoms with Gasteiger partial charge in [-0.3, -0.25) is 9.11 Å². The van der Waals surface area contributed by atoms with Crippen LogP contribution in [0.15, 0.2) is 58.3 Å². The Balaban J connectivity index is 2.65. The van der Waals surface area contributed by atoms with Gasteiger partial charge in [-0.25, -0.2) is 0 Å². The lowest BCUT2D eigenvalue weighted by atomic mass is 9.87. The molecule has 8 heteroatoms. The molecule has 2 aromatic carbocycles. The average Bonchev–Trinajstić information content (AvgIpc) is 2.51. The molecule has 0 radical (unpaired) electrons. The minimum absolute atomic E-state index is 0.208. The number of hydrogen-bond acceptors (Lipinski definition) is 4. The van der Waals surface area contributed by atoms with Crippen LogP contribution in [-0.4, -0.2) is 25.9 Å². The van der Waals surface area contributed by atoms with Gasteiger partial charge in [0.1, 0.15) is 0 Å². The molecule has 0 aliphatic heterocycles. The second-order valence-electron chi connectivity index (χ2n) is 5.40. The molecule has 2 rings (SSSR count). The van der Waals surface area contributed by atoms with Crippen LogP contribution in [0.25, 0.3) is 0 Å². The normalized spacial score (nSPS) is 13.6. The SMILES string of the molecule is CCCC(c1cccc(S(=O)(=O)O)c1)c1ccccc1S(=O)(=O)O. The average molecular weight is 370 g/mol. The van der Waals surface area contributed by atoms with Gasteiger partial charge in [-0.15, -0.1) is 0 Å². The maximum absolute atomic E-state index is 11.6. The summed E-state index contributed by atoms with van der Waals surface area (Å²) in [6.07, 6.45) is 1.25. The first-order valence-electron chi connectivity index (χ1n) is 7.28. The van der Waals surface area contributed by atoms with Gasteiger partial charge >= 0.3 is 0 Å². The van der Waals surface area contributed by atoms with E-state index in [2.05, 4.69) is 0 Å². The second kappa shape index (κ2) is 7.02. The number of rotatable bonds is 6. The summed E-state index contributed by atoms with van der Waals surface area (Å²) in [4.78, 5) is -0.467. The molecule has 0 aromatic heterocycles. The van der Waals surface area contributed by atoms with Gasteiger partial charge in [0.05, 0.1) is 9.79 Å². The largest absolute Gasteiger partial charge is 0.294 e. The Bertz CT molecular complexity index is 933. The minimum Gasteiger partial charge on any atom is -0.282 e. The van der Waals surface area contributed by atoms with Crippen LogP contribution in [0.3, 0.4) is 0 Å². The smallest absolute Gasteiger partial charge is 0.282 e. The van der Waals surface area contributed by atoms with Crippen LogP contribution in [0.2, 0.25) is 0 Å². The quantitative estimate of drug-likeness (QED) is 0.756. The molecule has 0 amide bonds. The summed E-state index contributed by atoms with van der Waals surface area (Å²) in [5.41, 5.74) is 0.928. The molecule has 0 spiro atoms. The zero-order valence-corrected chi connectivity index (χ0v) is 14.6. The van der Waals surface area contributed by atoms with Crippen LogP contribution in [-0.2, 0) is 20.2 Å². The molecule has 6 nitrogen and oxygen atoms in total.